The molecule has 2 fully saturated rings. The lowest BCUT2D eigenvalue weighted by Crippen LogP contribution is -2.50. The molecule has 2 aliphatic rings. The standard InChI is InChI=1S/C27H35FN2O4S/c1-19(23-10-11-25(28)26(18-23)34-2)16-20-4-5-24(17-20)21-6-8-22(9-7-21)27(31)29-12-14-30(15-13-29)35(3,32)33/h6-11,18-20,24H,4-5,12-17H2,1-3H3/t19-,20+,24+/m0/s1. The molecule has 8 heteroatoms. The van der Waals surface area contributed by atoms with Gasteiger partial charge in [0.2, 0.25) is 10.0 Å². The molecule has 0 unspecified atom stereocenters. The lowest BCUT2D eigenvalue weighted by Gasteiger charge is -2.33. The second-order valence-electron chi connectivity index (χ2n) is 9.98. The van der Waals surface area contributed by atoms with E-state index in [2.05, 4.69) is 19.1 Å². The van der Waals surface area contributed by atoms with Crippen molar-refractivity contribution < 1.29 is 22.3 Å². The van der Waals surface area contributed by atoms with Gasteiger partial charge < -0.3 is 9.64 Å². The average molecular weight is 503 g/mol. The third kappa shape index (κ3) is 6.04. The van der Waals surface area contributed by atoms with Crippen LogP contribution in [0.1, 0.15) is 65.9 Å². The number of amides is 1. The predicted octanol–water partition coefficient (Wildman–Crippen LogP) is 4.63. The molecule has 1 saturated heterocycles. The maximum atomic E-state index is 13.7. The van der Waals surface area contributed by atoms with Gasteiger partial charge in [-0.1, -0.05) is 25.1 Å². The third-order valence-electron chi connectivity index (χ3n) is 7.60. The van der Waals surface area contributed by atoms with E-state index in [1.807, 2.05) is 24.3 Å². The van der Waals surface area contributed by atoms with E-state index in [1.54, 1.807) is 4.90 Å². The average Bonchev–Trinajstić information content (AvgIpc) is 3.32. The topological polar surface area (TPSA) is 66.9 Å². The fraction of sp³-hybridized carbons (Fsp3) is 0.519. The highest BCUT2D eigenvalue weighted by Crippen LogP contribution is 2.42. The number of sulfonamides is 1. The van der Waals surface area contributed by atoms with Crippen LogP contribution in [0.25, 0.3) is 0 Å². The Kier molecular flexibility index (Phi) is 7.81. The molecule has 0 N–H and O–H groups in total. The summed E-state index contributed by atoms with van der Waals surface area (Å²) < 4.78 is 43.7. The first kappa shape index (κ1) is 25.6. The molecule has 2 aromatic rings. The smallest absolute Gasteiger partial charge is 0.253 e. The van der Waals surface area contributed by atoms with Gasteiger partial charge in [-0.2, -0.15) is 4.31 Å². The Morgan fingerprint density at radius 3 is 2.40 bits per heavy atom. The van der Waals surface area contributed by atoms with E-state index < -0.39 is 10.0 Å². The van der Waals surface area contributed by atoms with E-state index in [4.69, 9.17) is 4.74 Å². The van der Waals surface area contributed by atoms with Gasteiger partial charge in [-0.05, 0) is 78.8 Å². The van der Waals surface area contributed by atoms with Crippen molar-refractivity contribution in [1.29, 1.82) is 0 Å². The second-order valence-corrected chi connectivity index (χ2v) is 12.0. The Hall–Kier alpha value is -2.45. The first-order valence-electron chi connectivity index (χ1n) is 12.3. The highest BCUT2D eigenvalue weighted by Gasteiger charge is 2.29. The van der Waals surface area contributed by atoms with Gasteiger partial charge in [0.1, 0.15) is 0 Å². The summed E-state index contributed by atoms with van der Waals surface area (Å²) in [6.45, 7) is 3.70. The molecule has 190 valence electrons. The number of benzene rings is 2. The summed E-state index contributed by atoms with van der Waals surface area (Å²) in [4.78, 5) is 14.6. The van der Waals surface area contributed by atoms with Gasteiger partial charge in [-0.25, -0.2) is 12.8 Å². The summed E-state index contributed by atoms with van der Waals surface area (Å²) in [5.41, 5.74) is 3.02. The summed E-state index contributed by atoms with van der Waals surface area (Å²) in [7, 11) is -1.72. The molecule has 4 rings (SSSR count). The predicted molar refractivity (Wildman–Crippen MR) is 135 cm³/mol. The van der Waals surface area contributed by atoms with Crippen molar-refractivity contribution in [2.75, 3.05) is 39.5 Å². The fourth-order valence-electron chi connectivity index (χ4n) is 5.51. The van der Waals surface area contributed by atoms with Crippen LogP contribution >= 0.6 is 0 Å². The van der Waals surface area contributed by atoms with E-state index in [9.17, 15) is 17.6 Å². The summed E-state index contributed by atoms with van der Waals surface area (Å²) in [6, 6.07) is 13.1. The number of ether oxygens (including phenoxy) is 1. The number of methoxy groups -OCH3 is 1. The van der Waals surface area contributed by atoms with Crippen molar-refractivity contribution in [3.05, 3.63) is 65.0 Å². The van der Waals surface area contributed by atoms with Gasteiger partial charge >= 0.3 is 0 Å². The molecule has 0 spiro atoms. The number of nitrogens with zero attached hydrogens (tertiary/aromatic N) is 2. The molecule has 0 bridgehead atoms. The monoisotopic (exact) mass is 502 g/mol. The quantitative estimate of drug-likeness (QED) is 0.554. The Bertz CT molecular complexity index is 1140. The lowest BCUT2D eigenvalue weighted by atomic mass is 9.88. The Morgan fingerprint density at radius 1 is 1.09 bits per heavy atom. The number of piperazine rings is 1. The van der Waals surface area contributed by atoms with Gasteiger partial charge in [0.25, 0.3) is 5.91 Å². The van der Waals surface area contributed by atoms with Crippen molar-refractivity contribution in [3.63, 3.8) is 0 Å². The molecule has 3 atom stereocenters. The minimum atomic E-state index is -3.21. The van der Waals surface area contributed by atoms with Gasteiger partial charge in [0, 0.05) is 31.7 Å². The summed E-state index contributed by atoms with van der Waals surface area (Å²) >= 11 is 0. The van der Waals surface area contributed by atoms with Gasteiger partial charge in [0.05, 0.1) is 13.4 Å². The number of rotatable bonds is 7. The zero-order valence-electron chi connectivity index (χ0n) is 20.7. The number of hydrogen-bond donors (Lipinski definition) is 0. The molecule has 1 aliphatic carbocycles. The van der Waals surface area contributed by atoms with Gasteiger partial charge in [-0.3, -0.25) is 4.79 Å². The molecule has 35 heavy (non-hydrogen) atoms. The van der Waals surface area contributed by atoms with E-state index in [0.717, 1.165) is 24.8 Å². The van der Waals surface area contributed by atoms with Crippen molar-refractivity contribution >= 4 is 15.9 Å². The largest absolute Gasteiger partial charge is 0.494 e. The van der Waals surface area contributed by atoms with E-state index in [0.29, 0.717) is 55.2 Å². The van der Waals surface area contributed by atoms with Crippen LogP contribution in [0.4, 0.5) is 4.39 Å². The van der Waals surface area contributed by atoms with Crippen LogP contribution < -0.4 is 4.74 Å². The van der Waals surface area contributed by atoms with Crippen LogP contribution in [0.3, 0.4) is 0 Å². The first-order valence-corrected chi connectivity index (χ1v) is 14.2. The molecule has 1 aliphatic heterocycles. The third-order valence-corrected chi connectivity index (χ3v) is 8.90. The number of carbonyl (C=O) groups is 1. The fourth-order valence-corrected chi connectivity index (χ4v) is 6.34. The maximum absolute atomic E-state index is 13.7. The lowest BCUT2D eigenvalue weighted by molar-refractivity contribution is 0.0698. The summed E-state index contributed by atoms with van der Waals surface area (Å²) in [6.07, 6.45) is 5.67. The zero-order chi connectivity index (χ0) is 25.2. The van der Waals surface area contributed by atoms with Gasteiger partial charge in [0.15, 0.2) is 11.6 Å². The molecule has 6 nitrogen and oxygen atoms in total. The zero-order valence-corrected chi connectivity index (χ0v) is 21.6. The maximum Gasteiger partial charge on any atom is 0.253 e. The van der Waals surface area contributed by atoms with E-state index in [1.165, 1.54) is 35.7 Å². The van der Waals surface area contributed by atoms with E-state index in [-0.39, 0.29) is 11.7 Å². The molecular formula is C27H35FN2O4S. The summed E-state index contributed by atoms with van der Waals surface area (Å²) in [5, 5.41) is 0. The molecule has 0 aromatic heterocycles. The Labute approximate surface area is 208 Å². The van der Waals surface area contributed by atoms with Crippen molar-refractivity contribution in [1.82, 2.24) is 9.21 Å². The molecule has 1 heterocycles. The van der Waals surface area contributed by atoms with E-state index >= 15 is 0 Å². The number of hydrogen-bond acceptors (Lipinski definition) is 4. The Morgan fingerprint density at radius 2 is 1.77 bits per heavy atom. The first-order chi connectivity index (χ1) is 16.7. The van der Waals surface area contributed by atoms with Crippen molar-refractivity contribution in [2.24, 2.45) is 5.92 Å². The minimum Gasteiger partial charge on any atom is -0.494 e. The van der Waals surface area contributed by atoms with Crippen LogP contribution in [-0.2, 0) is 10.0 Å². The van der Waals surface area contributed by atoms with Crippen LogP contribution in [0.15, 0.2) is 42.5 Å². The number of carbonyl (C=O) groups excluding carboxylic acids is 1. The highest BCUT2D eigenvalue weighted by molar-refractivity contribution is 7.88. The molecule has 1 saturated carbocycles. The minimum absolute atomic E-state index is 0.0439. The normalized spacial score (nSPS) is 22.2. The van der Waals surface area contributed by atoms with Crippen LogP contribution in [0.2, 0.25) is 0 Å². The van der Waals surface area contributed by atoms with Crippen LogP contribution in [0.5, 0.6) is 5.75 Å². The van der Waals surface area contributed by atoms with Crippen molar-refractivity contribution in [2.45, 2.75) is 44.4 Å². The Balaban J connectivity index is 1.31. The van der Waals surface area contributed by atoms with Crippen LogP contribution in [-0.4, -0.2) is 63.1 Å². The molecule has 2 aromatic carbocycles. The van der Waals surface area contributed by atoms with Crippen molar-refractivity contribution in [3.8, 4) is 5.75 Å². The molecule has 0 radical (unpaired) electrons. The SMILES string of the molecule is COc1cc([C@@H](C)C[C@H]2CC[C@@H](c3ccc(C(=O)N4CCN(S(C)(=O)=O)CC4)cc3)C2)ccc1F. The highest BCUT2D eigenvalue weighted by atomic mass is 32.2. The molecule has 1 amide bonds. The van der Waals surface area contributed by atoms with Gasteiger partial charge in [-0.15, -0.1) is 0 Å². The second kappa shape index (κ2) is 10.7. The summed E-state index contributed by atoms with van der Waals surface area (Å²) in [5.74, 6) is 1.35. The van der Waals surface area contributed by atoms with Crippen LogP contribution in [0, 0.1) is 11.7 Å². The molecular weight excluding hydrogens is 467 g/mol. The number of halogens is 1.